The van der Waals surface area contributed by atoms with Crippen LogP contribution in [0.3, 0.4) is 0 Å². The van der Waals surface area contributed by atoms with Crippen LogP contribution in [0, 0.1) is 0 Å². The van der Waals surface area contributed by atoms with Crippen molar-refractivity contribution in [2.24, 2.45) is 0 Å². The molecule has 6 rings (SSSR count). The highest BCUT2D eigenvalue weighted by atomic mass is 16.6. The lowest BCUT2D eigenvalue weighted by Crippen LogP contribution is -2.60. The summed E-state index contributed by atoms with van der Waals surface area (Å²) in [7, 11) is 0. The summed E-state index contributed by atoms with van der Waals surface area (Å²) < 4.78 is 5.54. The monoisotopic (exact) mass is 562 g/mol. The normalized spacial score (nSPS) is 16.0. The van der Waals surface area contributed by atoms with E-state index in [1.54, 1.807) is 13.0 Å². The molecule has 0 aliphatic heterocycles. The predicted octanol–water partition coefficient (Wildman–Crippen LogP) is 5.61. The first kappa shape index (κ1) is 27.4. The van der Waals surface area contributed by atoms with Gasteiger partial charge in [0.1, 0.15) is 5.54 Å². The standard InChI is InChI=1S/C33H34N6O3/c1-32(19-23-20-35-25-12-4-3-11-24(23)25,39-31(41)42-29-21-36-26-13-5-6-14-27(26)38-29)30(40)37-22-33(16-8-2-9-17-33)28-15-7-10-18-34-28/h3-7,10-15,18,20-21,35H,2,8-9,16-17,19,22H2,1H3,(H,37,40)(H,39,41)/t32-/m0/s1. The number of aromatic nitrogens is 4. The van der Waals surface area contributed by atoms with Crippen molar-refractivity contribution in [1.29, 1.82) is 0 Å². The van der Waals surface area contributed by atoms with Crippen LogP contribution in [0.2, 0.25) is 0 Å². The number of rotatable bonds is 8. The van der Waals surface area contributed by atoms with Gasteiger partial charge in [-0.2, -0.15) is 0 Å². The van der Waals surface area contributed by atoms with Gasteiger partial charge in [-0.3, -0.25) is 9.78 Å². The zero-order valence-corrected chi connectivity index (χ0v) is 23.6. The fourth-order valence-electron chi connectivity index (χ4n) is 6.05. The molecule has 1 atom stereocenters. The maximum Gasteiger partial charge on any atom is 0.414 e. The van der Waals surface area contributed by atoms with Crippen LogP contribution in [0.25, 0.3) is 21.9 Å². The lowest BCUT2D eigenvalue weighted by atomic mass is 9.71. The van der Waals surface area contributed by atoms with E-state index in [0.717, 1.165) is 47.8 Å². The zero-order chi connectivity index (χ0) is 29.0. The van der Waals surface area contributed by atoms with Gasteiger partial charge in [0, 0.05) is 47.4 Å². The molecule has 2 aromatic carbocycles. The molecule has 3 N–H and O–H groups in total. The Morgan fingerprint density at radius 2 is 1.71 bits per heavy atom. The number of amides is 2. The summed E-state index contributed by atoms with van der Waals surface area (Å²) in [6, 6.07) is 21.2. The molecular formula is C33H34N6O3. The van der Waals surface area contributed by atoms with E-state index < -0.39 is 11.6 Å². The summed E-state index contributed by atoms with van der Waals surface area (Å²) in [6.45, 7) is 2.16. The number of para-hydroxylation sites is 3. The van der Waals surface area contributed by atoms with E-state index in [4.69, 9.17) is 4.74 Å². The summed E-state index contributed by atoms with van der Waals surface area (Å²) in [5, 5.41) is 7.05. The Morgan fingerprint density at radius 3 is 2.52 bits per heavy atom. The molecular weight excluding hydrogens is 528 g/mol. The third kappa shape index (κ3) is 5.68. The van der Waals surface area contributed by atoms with Gasteiger partial charge in [0.05, 0.1) is 17.2 Å². The Kier molecular flexibility index (Phi) is 7.56. The summed E-state index contributed by atoms with van der Waals surface area (Å²) in [6.07, 6.45) is 9.78. The minimum atomic E-state index is -1.33. The predicted molar refractivity (Wildman–Crippen MR) is 161 cm³/mol. The summed E-state index contributed by atoms with van der Waals surface area (Å²) in [5.74, 6) is -0.243. The first-order valence-corrected chi connectivity index (χ1v) is 14.4. The van der Waals surface area contributed by atoms with Crippen LogP contribution >= 0.6 is 0 Å². The molecule has 3 aromatic heterocycles. The van der Waals surface area contributed by atoms with Gasteiger partial charge < -0.3 is 20.4 Å². The van der Waals surface area contributed by atoms with Crippen molar-refractivity contribution < 1.29 is 14.3 Å². The molecule has 0 unspecified atom stereocenters. The molecule has 9 heteroatoms. The highest BCUT2D eigenvalue weighted by molar-refractivity contribution is 5.92. The smallest absolute Gasteiger partial charge is 0.390 e. The van der Waals surface area contributed by atoms with Crippen LogP contribution in [-0.2, 0) is 16.6 Å². The van der Waals surface area contributed by atoms with Crippen LogP contribution < -0.4 is 15.4 Å². The number of carbonyl (C=O) groups is 2. The van der Waals surface area contributed by atoms with E-state index in [2.05, 4.69) is 30.6 Å². The highest BCUT2D eigenvalue weighted by Crippen LogP contribution is 2.38. The van der Waals surface area contributed by atoms with Gasteiger partial charge in [0.15, 0.2) is 0 Å². The number of carbonyl (C=O) groups excluding carboxylic acids is 2. The van der Waals surface area contributed by atoms with E-state index in [9.17, 15) is 9.59 Å². The average Bonchev–Trinajstić information content (AvgIpc) is 3.42. The number of nitrogens with one attached hydrogen (secondary N) is 3. The van der Waals surface area contributed by atoms with Crippen molar-refractivity contribution in [3.05, 3.63) is 96.6 Å². The van der Waals surface area contributed by atoms with Gasteiger partial charge in [0.25, 0.3) is 0 Å². The quantitative estimate of drug-likeness (QED) is 0.226. The molecule has 1 aliphatic carbocycles. The number of hydrogen-bond donors (Lipinski definition) is 3. The highest BCUT2D eigenvalue weighted by Gasteiger charge is 2.40. The van der Waals surface area contributed by atoms with Gasteiger partial charge >= 0.3 is 6.09 Å². The fourth-order valence-corrected chi connectivity index (χ4v) is 6.05. The number of hydrogen-bond acceptors (Lipinski definition) is 6. The van der Waals surface area contributed by atoms with Crippen LogP contribution in [0.4, 0.5) is 4.79 Å². The summed E-state index contributed by atoms with van der Waals surface area (Å²) in [4.78, 5) is 44.0. The molecule has 0 bridgehead atoms. The number of nitrogens with zero attached hydrogens (tertiary/aromatic N) is 3. The average molecular weight is 563 g/mol. The number of ether oxygens (including phenoxy) is 1. The van der Waals surface area contributed by atoms with Crippen molar-refractivity contribution in [2.45, 2.75) is 56.4 Å². The van der Waals surface area contributed by atoms with E-state index in [0.29, 0.717) is 17.6 Å². The van der Waals surface area contributed by atoms with Gasteiger partial charge in [-0.05, 0) is 55.7 Å². The Morgan fingerprint density at radius 1 is 0.952 bits per heavy atom. The van der Waals surface area contributed by atoms with E-state index in [-0.39, 0.29) is 23.6 Å². The molecule has 5 aromatic rings. The third-order valence-corrected chi connectivity index (χ3v) is 8.33. The minimum Gasteiger partial charge on any atom is -0.390 e. The fraction of sp³-hybridized carbons (Fsp3) is 0.303. The van der Waals surface area contributed by atoms with Crippen LogP contribution in [0.5, 0.6) is 5.88 Å². The molecule has 1 saturated carbocycles. The lowest BCUT2D eigenvalue weighted by Gasteiger charge is -2.38. The molecule has 214 valence electrons. The van der Waals surface area contributed by atoms with Gasteiger partial charge in [0.2, 0.25) is 11.8 Å². The topological polar surface area (TPSA) is 122 Å². The molecule has 1 aliphatic rings. The maximum atomic E-state index is 14.1. The van der Waals surface area contributed by atoms with Crippen LogP contribution in [0.15, 0.2) is 85.3 Å². The number of benzene rings is 2. The van der Waals surface area contributed by atoms with Crippen LogP contribution in [-0.4, -0.2) is 44.0 Å². The molecule has 0 radical (unpaired) electrons. The van der Waals surface area contributed by atoms with E-state index in [1.165, 1.54) is 12.6 Å². The number of H-pyrrole nitrogens is 1. The Bertz CT molecular complexity index is 1710. The molecule has 3 heterocycles. The summed E-state index contributed by atoms with van der Waals surface area (Å²) >= 11 is 0. The van der Waals surface area contributed by atoms with E-state index in [1.807, 2.05) is 73.1 Å². The molecule has 42 heavy (non-hydrogen) atoms. The SMILES string of the molecule is C[C@@](Cc1c[nH]c2ccccc12)(NC(=O)Oc1cnc2ccccc2n1)C(=O)NCC1(c2ccccn2)CCCCC1. The lowest BCUT2D eigenvalue weighted by molar-refractivity contribution is -0.127. The zero-order valence-electron chi connectivity index (χ0n) is 23.6. The van der Waals surface area contributed by atoms with E-state index >= 15 is 0 Å². The molecule has 0 saturated heterocycles. The number of aromatic amines is 1. The summed E-state index contributed by atoms with van der Waals surface area (Å²) in [5.41, 5.74) is 2.58. The maximum absolute atomic E-state index is 14.1. The second-order valence-electron chi connectivity index (χ2n) is 11.3. The largest absolute Gasteiger partial charge is 0.414 e. The van der Waals surface area contributed by atoms with Crippen molar-refractivity contribution in [1.82, 2.24) is 30.6 Å². The van der Waals surface area contributed by atoms with Crippen LogP contribution in [0.1, 0.15) is 50.3 Å². The molecule has 9 nitrogen and oxygen atoms in total. The second-order valence-corrected chi connectivity index (χ2v) is 11.3. The first-order valence-electron chi connectivity index (χ1n) is 14.4. The van der Waals surface area contributed by atoms with Crippen molar-refractivity contribution >= 4 is 33.9 Å². The first-order chi connectivity index (χ1) is 20.4. The molecule has 0 spiro atoms. The Hall–Kier alpha value is -4.79. The number of fused-ring (bicyclic) bond motifs is 2. The van der Waals surface area contributed by atoms with Crippen molar-refractivity contribution in [3.63, 3.8) is 0 Å². The van der Waals surface area contributed by atoms with Gasteiger partial charge in [-0.15, -0.1) is 0 Å². The van der Waals surface area contributed by atoms with Gasteiger partial charge in [-0.1, -0.05) is 55.7 Å². The Labute approximate surface area is 244 Å². The third-order valence-electron chi connectivity index (χ3n) is 8.33. The minimum absolute atomic E-state index is 0.0531. The Balaban J connectivity index is 1.25. The van der Waals surface area contributed by atoms with Crippen molar-refractivity contribution in [2.75, 3.05) is 6.54 Å². The molecule has 2 amide bonds. The molecule has 1 fully saturated rings. The number of pyridine rings is 1. The second kappa shape index (κ2) is 11.6. The van der Waals surface area contributed by atoms with Crippen molar-refractivity contribution in [3.8, 4) is 5.88 Å². The van der Waals surface area contributed by atoms with Gasteiger partial charge in [-0.25, -0.2) is 14.8 Å².